The Morgan fingerprint density at radius 3 is 2.38 bits per heavy atom. The normalized spacial score (nSPS) is 11.1. The molecule has 0 spiro atoms. The number of primary sulfonamides is 1. The molecule has 0 saturated heterocycles. The first-order chi connectivity index (χ1) is 13.8. The predicted octanol–water partition coefficient (Wildman–Crippen LogP) is 3.60. The molecule has 3 aromatic carbocycles. The summed E-state index contributed by atoms with van der Waals surface area (Å²) >= 11 is 6.02. The molecule has 0 saturated carbocycles. The number of ether oxygens (including phenoxy) is 1. The quantitative estimate of drug-likeness (QED) is 0.598. The third kappa shape index (κ3) is 6.05. The van der Waals surface area contributed by atoms with Gasteiger partial charge in [-0.15, -0.1) is 0 Å². The molecule has 0 aliphatic heterocycles. The van der Waals surface area contributed by atoms with Gasteiger partial charge in [0.2, 0.25) is 10.0 Å². The summed E-state index contributed by atoms with van der Waals surface area (Å²) in [6, 6.07) is 21.4. The average molecular weight is 431 g/mol. The van der Waals surface area contributed by atoms with Crippen LogP contribution in [0.15, 0.2) is 77.7 Å². The van der Waals surface area contributed by atoms with Gasteiger partial charge in [-0.2, -0.15) is 0 Å². The van der Waals surface area contributed by atoms with Gasteiger partial charge in [-0.05, 0) is 47.9 Å². The van der Waals surface area contributed by atoms with Crippen LogP contribution in [0.4, 0.5) is 5.69 Å². The van der Waals surface area contributed by atoms with Gasteiger partial charge in [0.1, 0.15) is 5.75 Å². The molecule has 0 aliphatic carbocycles. The van der Waals surface area contributed by atoms with Crippen molar-refractivity contribution in [2.75, 3.05) is 11.9 Å². The molecule has 3 N–H and O–H groups in total. The number of anilines is 1. The third-order valence-corrected chi connectivity index (χ3v) is 5.29. The summed E-state index contributed by atoms with van der Waals surface area (Å²) < 4.78 is 28.2. The van der Waals surface area contributed by atoms with Gasteiger partial charge in [0.15, 0.2) is 6.61 Å². The van der Waals surface area contributed by atoms with Crippen molar-refractivity contribution in [3.63, 3.8) is 0 Å². The maximum Gasteiger partial charge on any atom is 0.262 e. The van der Waals surface area contributed by atoms with Crippen LogP contribution in [0.1, 0.15) is 11.1 Å². The average Bonchev–Trinajstić information content (AvgIpc) is 2.68. The highest BCUT2D eigenvalue weighted by Crippen LogP contribution is 2.25. The summed E-state index contributed by atoms with van der Waals surface area (Å²) in [5, 5.41) is 7.70. The zero-order valence-electron chi connectivity index (χ0n) is 15.3. The number of hydrogen-bond donors (Lipinski definition) is 2. The third-order valence-electron chi connectivity index (χ3n) is 4.06. The van der Waals surface area contributed by atoms with Crippen molar-refractivity contribution in [1.82, 2.24) is 0 Å². The molecule has 0 unspecified atom stereocenters. The first-order valence-corrected chi connectivity index (χ1v) is 10.6. The van der Waals surface area contributed by atoms with Crippen LogP contribution in [-0.2, 0) is 21.2 Å². The van der Waals surface area contributed by atoms with Crippen molar-refractivity contribution >= 4 is 33.2 Å². The number of sulfonamides is 1. The molecule has 1 amide bonds. The lowest BCUT2D eigenvalue weighted by atomic mass is 10.1. The fourth-order valence-electron chi connectivity index (χ4n) is 2.69. The minimum Gasteiger partial charge on any atom is -0.484 e. The Hall–Kier alpha value is -2.87. The minimum absolute atomic E-state index is 0.0646. The largest absolute Gasteiger partial charge is 0.484 e. The highest BCUT2D eigenvalue weighted by molar-refractivity contribution is 7.89. The van der Waals surface area contributed by atoms with E-state index in [0.29, 0.717) is 5.75 Å². The van der Waals surface area contributed by atoms with Gasteiger partial charge in [-0.1, -0.05) is 54.1 Å². The van der Waals surface area contributed by atoms with Crippen LogP contribution in [0.2, 0.25) is 5.02 Å². The molecule has 0 heterocycles. The van der Waals surface area contributed by atoms with E-state index in [4.69, 9.17) is 21.5 Å². The minimum atomic E-state index is -3.87. The summed E-state index contributed by atoms with van der Waals surface area (Å²) in [5.41, 5.74) is 2.52. The van der Waals surface area contributed by atoms with E-state index in [1.54, 1.807) is 6.07 Å². The van der Waals surface area contributed by atoms with Gasteiger partial charge in [0.05, 0.1) is 15.6 Å². The van der Waals surface area contributed by atoms with Gasteiger partial charge in [-0.25, -0.2) is 13.6 Å². The summed E-state index contributed by atoms with van der Waals surface area (Å²) in [7, 11) is -3.87. The Bertz CT molecular complexity index is 1120. The molecule has 3 aromatic rings. The van der Waals surface area contributed by atoms with Crippen LogP contribution < -0.4 is 15.2 Å². The van der Waals surface area contributed by atoms with Gasteiger partial charge in [-0.3, -0.25) is 4.79 Å². The Morgan fingerprint density at radius 1 is 0.966 bits per heavy atom. The Labute approximate surface area is 174 Å². The fraction of sp³-hybridized carbons (Fsp3) is 0.0952. The van der Waals surface area contributed by atoms with Crippen LogP contribution in [0, 0.1) is 0 Å². The van der Waals surface area contributed by atoms with Gasteiger partial charge < -0.3 is 10.1 Å². The lowest BCUT2D eigenvalue weighted by Crippen LogP contribution is -2.20. The summed E-state index contributed by atoms with van der Waals surface area (Å²) in [6.45, 7) is -0.220. The van der Waals surface area contributed by atoms with E-state index < -0.39 is 15.9 Å². The van der Waals surface area contributed by atoms with Crippen LogP contribution in [0.5, 0.6) is 5.75 Å². The number of amides is 1. The Kier molecular flexibility index (Phi) is 6.53. The molecule has 0 aromatic heterocycles. The topological polar surface area (TPSA) is 98.5 Å². The predicted molar refractivity (Wildman–Crippen MR) is 113 cm³/mol. The van der Waals surface area contributed by atoms with Crippen LogP contribution in [0.25, 0.3) is 0 Å². The van der Waals surface area contributed by atoms with Gasteiger partial charge in [0.25, 0.3) is 5.91 Å². The summed E-state index contributed by atoms with van der Waals surface area (Å²) in [5.74, 6) is 0.146. The fourth-order valence-corrected chi connectivity index (χ4v) is 3.52. The second kappa shape index (κ2) is 9.09. The number of carbonyl (C=O) groups excluding carboxylic acids is 1. The lowest BCUT2D eigenvalue weighted by Gasteiger charge is -2.10. The smallest absolute Gasteiger partial charge is 0.262 e. The molecule has 0 bridgehead atoms. The monoisotopic (exact) mass is 430 g/mol. The molecule has 8 heteroatoms. The van der Waals surface area contributed by atoms with Crippen molar-refractivity contribution in [2.45, 2.75) is 11.3 Å². The Balaban J connectivity index is 1.59. The van der Waals surface area contributed by atoms with Crippen molar-refractivity contribution < 1.29 is 17.9 Å². The number of nitrogens with one attached hydrogen (secondary N) is 1. The van der Waals surface area contributed by atoms with Crippen molar-refractivity contribution in [2.24, 2.45) is 5.14 Å². The second-order valence-electron chi connectivity index (χ2n) is 6.33. The van der Waals surface area contributed by atoms with E-state index in [9.17, 15) is 13.2 Å². The number of rotatable bonds is 7. The standard InChI is InChI=1S/C21H19ClN2O4S/c22-19-13-18(29(23,26)27)9-10-20(19)24-21(25)14-28-17-8-4-7-16(12-17)11-15-5-2-1-3-6-15/h1-10,12-13H,11,14H2,(H,24,25)(H2,23,26,27). The van der Waals surface area contributed by atoms with Crippen molar-refractivity contribution in [1.29, 1.82) is 0 Å². The number of hydrogen-bond acceptors (Lipinski definition) is 4. The number of carbonyl (C=O) groups is 1. The van der Waals surface area contributed by atoms with E-state index in [2.05, 4.69) is 5.32 Å². The molecule has 3 rings (SSSR count). The Morgan fingerprint density at radius 2 is 1.69 bits per heavy atom. The van der Waals surface area contributed by atoms with Crippen LogP contribution >= 0.6 is 11.6 Å². The molecule has 150 valence electrons. The molecule has 6 nitrogen and oxygen atoms in total. The van der Waals surface area contributed by atoms with E-state index >= 15 is 0 Å². The maximum atomic E-state index is 12.2. The van der Waals surface area contributed by atoms with Gasteiger partial charge in [0, 0.05) is 0 Å². The lowest BCUT2D eigenvalue weighted by molar-refractivity contribution is -0.118. The van der Waals surface area contributed by atoms with Crippen LogP contribution in [0.3, 0.4) is 0 Å². The molecule has 0 atom stereocenters. The summed E-state index contributed by atoms with van der Waals surface area (Å²) in [4.78, 5) is 12.0. The highest BCUT2D eigenvalue weighted by atomic mass is 35.5. The second-order valence-corrected chi connectivity index (χ2v) is 8.30. The molecule has 0 radical (unpaired) electrons. The number of halogens is 1. The maximum absolute atomic E-state index is 12.2. The van der Waals surface area contributed by atoms with Crippen molar-refractivity contribution in [3.8, 4) is 5.75 Å². The van der Waals surface area contributed by atoms with E-state index in [1.807, 2.05) is 48.5 Å². The van der Waals surface area contributed by atoms with E-state index in [-0.39, 0.29) is 22.2 Å². The zero-order valence-corrected chi connectivity index (χ0v) is 16.9. The number of nitrogens with two attached hydrogens (primary N) is 1. The summed E-state index contributed by atoms with van der Waals surface area (Å²) in [6.07, 6.45) is 0.760. The van der Waals surface area contributed by atoms with Crippen LogP contribution in [-0.4, -0.2) is 20.9 Å². The van der Waals surface area contributed by atoms with Crippen molar-refractivity contribution in [3.05, 3.63) is 88.9 Å². The molecule has 29 heavy (non-hydrogen) atoms. The van der Waals surface area contributed by atoms with Gasteiger partial charge >= 0.3 is 0 Å². The van der Waals surface area contributed by atoms with E-state index in [1.165, 1.54) is 23.8 Å². The number of benzene rings is 3. The molecule has 0 fully saturated rings. The molecule has 0 aliphatic rings. The molecular weight excluding hydrogens is 412 g/mol. The molecular formula is C21H19ClN2O4S. The van der Waals surface area contributed by atoms with E-state index in [0.717, 1.165) is 12.0 Å². The zero-order chi connectivity index (χ0) is 20.9. The first-order valence-electron chi connectivity index (χ1n) is 8.69. The SMILES string of the molecule is NS(=O)(=O)c1ccc(NC(=O)COc2cccc(Cc3ccccc3)c2)c(Cl)c1. The highest BCUT2D eigenvalue weighted by Gasteiger charge is 2.12. The first kappa shape index (κ1) is 20.9.